The van der Waals surface area contributed by atoms with Crippen molar-refractivity contribution in [3.63, 3.8) is 0 Å². The van der Waals surface area contributed by atoms with E-state index >= 15 is 0 Å². The smallest absolute Gasteiger partial charge is 0.317 e. The van der Waals surface area contributed by atoms with E-state index in [2.05, 4.69) is 5.32 Å². The third-order valence-corrected chi connectivity index (χ3v) is 6.13. The fourth-order valence-electron chi connectivity index (χ4n) is 2.97. The first-order valence-corrected chi connectivity index (χ1v) is 9.49. The molecule has 1 aromatic carbocycles. The zero-order chi connectivity index (χ0) is 18.7. The Morgan fingerprint density at radius 3 is 2.48 bits per heavy atom. The molecule has 0 aromatic heterocycles. The number of hydrogen-bond donors (Lipinski definition) is 1. The van der Waals surface area contributed by atoms with Crippen molar-refractivity contribution in [3.05, 3.63) is 29.3 Å². The Balaban J connectivity index is 2.44. The Morgan fingerprint density at radius 1 is 1.32 bits per heavy atom. The minimum absolute atomic E-state index is 0.195. The summed E-state index contributed by atoms with van der Waals surface area (Å²) in [4.78, 5) is -0.274. The Labute approximate surface area is 145 Å². The molecule has 0 bridgehead atoms. The van der Waals surface area contributed by atoms with Gasteiger partial charge in [0.1, 0.15) is 0 Å². The molecule has 0 spiro atoms. The molecule has 5 nitrogen and oxygen atoms in total. The molecule has 138 valence electrons. The summed E-state index contributed by atoms with van der Waals surface area (Å²) in [5.41, 5.74) is -1.81. The van der Waals surface area contributed by atoms with Gasteiger partial charge in [0.2, 0.25) is 10.0 Å². The molecule has 0 radical (unpaired) electrons. The lowest BCUT2D eigenvalue weighted by molar-refractivity contribution is -0.137. The zero-order valence-electron chi connectivity index (χ0n) is 13.8. The van der Waals surface area contributed by atoms with Gasteiger partial charge in [-0.05, 0) is 50.6 Å². The molecule has 2 rings (SSSR count). The molecule has 1 heterocycles. The quantitative estimate of drug-likeness (QED) is 0.859. The summed E-state index contributed by atoms with van der Waals surface area (Å²) < 4.78 is 66.0. The summed E-state index contributed by atoms with van der Waals surface area (Å²) in [6.07, 6.45) is -2.82. The number of piperidine rings is 1. The second-order valence-corrected chi connectivity index (χ2v) is 7.80. The third kappa shape index (κ3) is 4.32. The average molecular weight is 375 g/mol. The molecule has 1 fully saturated rings. The van der Waals surface area contributed by atoms with E-state index in [-0.39, 0.29) is 17.5 Å². The number of rotatable bonds is 5. The van der Waals surface area contributed by atoms with Crippen LogP contribution in [0.25, 0.3) is 0 Å². The molecular weight excluding hydrogens is 355 g/mol. The van der Waals surface area contributed by atoms with Crippen LogP contribution < -0.4 is 5.32 Å². The largest absolute Gasteiger partial charge is 0.417 e. The highest BCUT2D eigenvalue weighted by atomic mass is 32.2. The van der Waals surface area contributed by atoms with Crippen LogP contribution >= 0.6 is 0 Å². The van der Waals surface area contributed by atoms with Crippen molar-refractivity contribution in [2.75, 3.05) is 19.6 Å². The molecule has 1 aromatic rings. The summed E-state index contributed by atoms with van der Waals surface area (Å²) in [6, 6.07) is 3.68. The minimum atomic E-state index is -4.70. The number of halogens is 3. The third-order valence-electron chi connectivity index (χ3n) is 4.18. The van der Waals surface area contributed by atoms with Gasteiger partial charge in [-0.1, -0.05) is 6.92 Å². The highest BCUT2D eigenvalue weighted by Gasteiger charge is 2.36. The average Bonchev–Trinajstić information content (AvgIpc) is 2.58. The first-order valence-electron chi connectivity index (χ1n) is 8.05. The molecule has 0 unspecified atom stereocenters. The SMILES string of the molecule is CCCN(C1CCNCC1)S(=O)(=O)c1ccc(C(F)(F)F)c(C#N)c1. The summed E-state index contributed by atoms with van der Waals surface area (Å²) in [6.45, 7) is 3.51. The lowest BCUT2D eigenvalue weighted by Gasteiger charge is -2.33. The van der Waals surface area contributed by atoms with Crippen LogP contribution in [0, 0.1) is 11.3 Å². The summed E-state index contributed by atoms with van der Waals surface area (Å²) in [7, 11) is -3.97. The molecular formula is C16H20F3N3O2S. The van der Waals surface area contributed by atoms with E-state index in [1.165, 1.54) is 10.4 Å². The Kier molecular flexibility index (Phi) is 6.08. The van der Waals surface area contributed by atoms with Crippen LogP contribution in [0.5, 0.6) is 0 Å². The van der Waals surface area contributed by atoms with E-state index in [0.717, 1.165) is 12.1 Å². The first-order chi connectivity index (χ1) is 11.7. The fraction of sp³-hybridized carbons (Fsp3) is 0.562. The highest BCUT2D eigenvalue weighted by molar-refractivity contribution is 7.89. The van der Waals surface area contributed by atoms with Gasteiger partial charge in [-0.2, -0.15) is 22.7 Å². The lowest BCUT2D eigenvalue weighted by atomic mass is 10.1. The van der Waals surface area contributed by atoms with Gasteiger partial charge in [-0.3, -0.25) is 0 Å². The van der Waals surface area contributed by atoms with Crippen LogP contribution in [0.1, 0.15) is 37.3 Å². The number of alkyl halides is 3. The predicted octanol–water partition coefficient (Wildman–Crippen LogP) is 2.73. The van der Waals surface area contributed by atoms with Crippen LogP contribution in [-0.4, -0.2) is 38.4 Å². The maximum absolute atomic E-state index is 13.0. The summed E-state index contributed by atoms with van der Waals surface area (Å²) >= 11 is 0. The molecule has 0 aliphatic carbocycles. The van der Waals surface area contributed by atoms with Crippen molar-refractivity contribution in [2.24, 2.45) is 0 Å². The van der Waals surface area contributed by atoms with Crippen LogP contribution in [0.2, 0.25) is 0 Å². The molecule has 1 N–H and O–H groups in total. The molecule has 1 aliphatic heterocycles. The van der Waals surface area contributed by atoms with Crippen molar-refractivity contribution in [1.29, 1.82) is 5.26 Å². The van der Waals surface area contributed by atoms with E-state index in [9.17, 15) is 21.6 Å². The van der Waals surface area contributed by atoms with Crippen LogP contribution in [0.3, 0.4) is 0 Å². The number of nitriles is 1. The fourth-order valence-corrected chi connectivity index (χ4v) is 4.78. The highest BCUT2D eigenvalue weighted by Crippen LogP contribution is 2.33. The molecule has 25 heavy (non-hydrogen) atoms. The molecule has 9 heteroatoms. The Hall–Kier alpha value is -1.63. The van der Waals surface area contributed by atoms with Gasteiger partial charge >= 0.3 is 6.18 Å². The van der Waals surface area contributed by atoms with Gasteiger partial charge in [-0.25, -0.2) is 8.42 Å². The van der Waals surface area contributed by atoms with Crippen LogP contribution in [0.4, 0.5) is 13.2 Å². The minimum Gasteiger partial charge on any atom is -0.317 e. The predicted molar refractivity (Wildman–Crippen MR) is 86.2 cm³/mol. The zero-order valence-corrected chi connectivity index (χ0v) is 14.6. The number of nitrogens with zero attached hydrogens (tertiary/aromatic N) is 2. The van der Waals surface area contributed by atoms with Gasteiger partial charge < -0.3 is 5.32 Å². The number of sulfonamides is 1. The van der Waals surface area contributed by atoms with Gasteiger partial charge in [0, 0.05) is 12.6 Å². The van der Waals surface area contributed by atoms with E-state index in [0.29, 0.717) is 38.4 Å². The molecule has 1 aliphatic rings. The topological polar surface area (TPSA) is 73.2 Å². The Bertz CT molecular complexity index is 751. The summed E-state index contributed by atoms with van der Waals surface area (Å²) in [5, 5.41) is 12.2. The molecule has 1 saturated heterocycles. The van der Waals surface area contributed by atoms with E-state index in [4.69, 9.17) is 5.26 Å². The molecule has 0 atom stereocenters. The monoisotopic (exact) mass is 375 g/mol. The van der Waals surface area contributed by atoms with Gasteiger partial charge in [-0.15, -0.1) is 0 Å². The van der Waals surface area contributed by atoms with Crippen molar-refractivity contribution in [3.8, 4) is 6.07 Å². The van der Waals surface area contributed by atoms with Crippen LogP contribution in [-0.2, 0) is 16.2 Å². The van der Waals surface area contributed by atoms with Gasteiger partial charge in [0.25, 0.3) is 0 Å². The van der Waals surface area contributed by atoms with E-state index in [1.807, 2.05) is 6.92 Å². The maximum Gasteiger partial charge on any atom is 0.417 e. The molecule has 0 saturated carbocycles. The standard InChI is InChI=1S/C16H20F3N3O2S/c1-2-9-22(13-5-7-21-8-6-13)25(23,24)14-3-4-15(16(17,18)19)12(10-14)11-20/h3-4,10,13,21H,2,5-9H2,1H3. The number of nitrogens with one attached hydrogen (secondary N) is 1. The van der Waals surface area contributed by atoms with Gasteiger partial charge in [0.15, 0.2) is 0 Å². The Morgan fingerprint density at radius 2 is 1.96 bits per heavy atom. The normalized spacial score (nSPS) is 16.8. The van der Waals surface area contributed by atoms with Crippen molar-refractivity contribution < 1.29 is 21.6 Å². The van der Waals surface area contributed by atoms with Gasteiger partial charge in [0.05, 0.1) is 22.1 Å². The van der Waals surface area contributed by atoms with Crippen molar-refractivity contribution >= 4 is 10.0 Å². The summed E-state index contributed by atoms with van der Waals surface area (Å²) in [5.74, 6) is 0. The van der Waals surface area contributed by atoms with E-state index in [1.54, 1.807) is 0 Å². The second-order valence-electron chi connectivity index (χ2n) is 5.91. The lowest BCUT2D eigenvalue weighted by Crippen LogP contribution is -2.46. The van der Waals surface area contributed by atoms with Crippen LogP contribution in [0.15, 0.2) is 23.1 Å². The maximum atomic E-state index is 13.0. The van der Waals surface area contributed by atoms with Crippen molar-refractivity contribution in [2.45, 2.75) is 43.3 Å². The molecule has 0 amide bonds. The second kappa shape index (κ2) is 7.72. The van der Waals surface area contributed by atoms with E-state index < -0.39 is 27.3 Å². The number of hydrogen-bond acceptors (Lipinski definition) is 4. The number of benzene rings is 1. The first kappa shape index (κ1) is 19.7. The van der Waals surface area contributed by atoms with Crippen molar-refractivity contribution in [1.82, 2.24) is 9.62 Å².